The second-order valence-corrected chi connectivity index (χ2v) is 9.54. The molecule has 0 unspecified atom stereocenters. The fraction of sp³-hybridized carbons (Fsp3) is 0.292. The van der Waals surface area contributed by atoms with Crippen molar-refractivity contribution in [3.63, 3.8) is 0 Å². The van der Waals surface area contributed by atoms with Gasteiger partial charge in [-0.2, -0.15) is 0 Å². The van der Waals surface area contributed by atoms with Crippen LogP contribution in [0.15, 0.2) is 59.5 Å². The number of ketones is 1. The molecule has 6 nitrogen and oxygen atoms in total. The minimum absolute atomic E-state index is 0.00648. The number of Topliss-reactive ketones (excluding diaryl/α,β-unsaturated/α-hetero) is 1. The average Bonchev–Trinajstić information content (AvgIpc) is 3.06. The first-order chi connectivity index (χ1) is 15.1. The van der Waals surface area contributed by atoms with Crippen molar-refractivity contribution in [2.75, 3.05) is 18.0 Å². The Morgan fingerprint density at radius 3 is 2.28 bits per heavy atom. The van der Waals surface area contributed by atoms with Crippen LogP contribution in [0.25, 0.3) is 0 Å². The fourth-order valence-corrected chi connectivity index (χ4v) is 4.73. The molecule has 0 aliphatic carbocycles. The van der Waals surface area contributed by atoms with E-state index >= 15 is 0 Å². The Morgan fingerprint density at radius 1 is 1.06 bits per heavy atom. The predicted octanol–water partition coefficient (Wildman–Crippen LogP) is 4.74. The summed E-state index contributed by atoms with van der Waals surface area (Å²) in [7, 11) is -2.40. The summed E-state index contributed by atoms with van der Waals surface area (Å²) in [5.74, 6) is -0.160. The lowest BCUT2D eigenvalue weighted by atomic mass is 10.1. The van der Waals surface area contributed by atoms with Crippen LogP contribution in [0.1, 0.15) is 35.1 Å². The smallest absolute Gasteiger partial charge is 0.264 e. The van der Waals surface area contributed by atoms with Crippen molar-refractivity contribution < 1.29 is 22.3 Å². The van der Waals surface area contributed by atoms with E-state index in [-0.39, 0.29) is 17.3 Å². The third-order valence-corrected chi connectivity index (χ3v) is 7.16. The zero-order chi connectivity index (χ0) is 23.5. The van der Waals surface area contributed by atoms with Gasteiger partial charge in [-0.05, 0) is 74.9 Å². The van der Waals surface area contributed by atoms with Crippen molar-refractivity contribution in [1.82, 2.24) is 4.57 Å². The molecule has 170 valence electrons. The van der Waals surface area contributed by atoms with E-state index in [2.05, 4.69) is 11.5 Å². The van der Waals surface area contributed by atoms with Gasteiger partial charge in [0.2, 0.25) is 5.78 Å². The number of aryl methyl sites for hydroxylation is 1. The molecule has 0 radical (unpaired) electrons. The van der Waals surface area contributed by atoms with Gasteiger partial charge in [0.1, 0.15) is 11.6 Å². The number of hydrogen-bond acceptors (Lipinski definition) is 4. The standard InChI is InChI=1S/C24H27FN2O4S/c1-5-14-27-17(2)15-23(18(27)3)24(28)16-31-21-10-8-20(9-11-21)26(4)32(29,30)22-12-6-19(25)7-13-22/h6-13,15H,5,14,16H2,1-4H3. The molecule has 0 aliphatic rings. The summed E-state index contributed by atoms with van der Waals surface area (Å²) in [5, 5.41) is 0. The van der Waals surface area contributed by atoms with Crippen LogP contribution in [0.4, 0.5) is 10.1 Å². The van der Waals surface area contributed by atoms with E-state index in [1.54, 1.807) is 24.3 Å². The molecular formula is C24H27FN2O4S. The highest BCUT2D eigenvalue weighted by Gasteiger charge is 2.21. The summed E-state index contributed by atoms with van der Waals surface area (Å²) >= 11 is 0. The first kappa shape index (κ1) is 23.5. The number of carbonyl (C=O) groups excluding carboxylic acids is 1. The normalized spacial score (nSPS) is 11.4. The zero-order valence-electron chi connectivity index (χ0n) is 18.6. The number of rotatable bonds is 9. The minimum atomic E-state index is -3.83. The van der Waals surface area contributed by atoms with E-state index in [0.717, 1.165) is 40.8 Å². The predicted molar refractivity (Wildman–Crippen MR) is 122 cm³/mol. The van der Waals surface area contributed by atoms with E-state index in [1.165, 1.54) is 19.2 Å². The summed E-state index contributed by atoms with van der Waals surface area (Å²) in [6.45, 7) is 6.76. The van der Waals surface area contributed by atoms with Crippen LogP contribution in [0.3, 0.4) is 0 Å². The molecule has 1 heterocycles. The van der Waals surface area contributed by atoms with Gasteiger partial charge in [0.15, 0.2) is 6.61 Å². The number of halogens is 1. The fourth-order valence-electron chi connectivity index (χ4n) is 3.53. The van der Waals surface area contributed by atoms with E-state index in [0.29, 0.717) is 17.0 Å². The van der Waals surface area contributed by atoms with Gasteiger partial charge in [0, 0.05) is 30.5 Å². The number of nitrogens with zero attached hydrogens (tertiary/aromatic N) is 2. The Morgan fingerprint density at radius 2 is 1.69 bits per heavy atom. The molecule has 0 saturated carbocycles. The van der Waals surface area contributed by atoms with Crippen molar-refractivity contribution in [2.45, 2.75) is 38.6 Å². The Bertz CT molecular complexity index is 1200. The summed E-state index contributed by atoms with van der Waals surface area (Å²) in [6.07, 6.45) is 0.984. The van der Waals surface area contributed by atoms with Crippen LogP contribution in [0, 0.1) is 19.7 Å². The quantitative estimate of drug-likeness (QED) is 0.434. The molecule has 0 aliphatic heterocycles. The monoisotopic (exact) mass is 458 g/mol. The number of carbonyl (C=O) groups is 1. The third kappa shape index (κ3) is 4.85. The molecular weight excluding hydrogens is 431 g/mol. The van der Waals surface area contributed by atoms with Crippen LogP contribution >= 0.6 is 0 Å². The number of sulfonamides is 1. The average molecular weight is 459 g/mol. The maximum absolute atomic E-state index is 13.1. The first-order valence-corrected chi connectivity index (χ1v) is 11.8. The van der Waals surface area contributed by atoms with Crippen molar-refractivity contribution in [3.8, 4) is 5.75 Å². The van der Waals surface area contributed by atoms with Gasteiger partial charge in [-0.15, -0.1) is 0 Å². The number of aromatic nitrogens is 1. The molecule has 3 aromatic rings. The van der Waals surface area contributed by atoms with E-state index in [9.17, 15) is 17.6 Å². The van der Waals surface area contributed by atoms with Gasteiger partial charge in [0.25, 0.3) is 10.0 Å². The van der Waals surface area contributed by atoms with Gasteiger partial charge in [-0.25, -0.2) is 12.8 Å². The van der Waals surface area contributed by atoms with Crippen LogP contribution < -0.4 is 9.04 Å². The van der Waals surface area contributed by atoms with Crippen LogP contribution in [0.5, 0.6) is 5.75 Å². The molecule has 32 heavy (non-hydrogen) atoms. The molecule has 1 aromatic heterocycles. The van der Waals surface area contributed by atoms with Gasteiger partial charge in [-0.3, -0.25) is 9.10 Å². The van der Waals surface area contributed by atoms with Crippen molar-refractivity contribution in [3.05, 3.63) is 77.4 Å². The first-order valence-electron chi connectivity index (χ1n) is 10.3. The maximum atomic E-state index is 13.1. The SMILES string of the molecule is CCCn1c(C)cc(C(=O)COc2ccc(N(C)S(=O)(=O)c3ccc(F)cc3)cc2)c1C. The van der Waals surface area contributed by atoms with Crippen molar-refractivity contribution in [1.29, 1.82) is 0 Å². The van der Waals surface area contributed by atoms with Gasteiger partial charge in [-0.1, -0.05) is 6.92 Å². The summed E-state index contributed by atoms with van der Waals surface area (Å²) in [6, 6.07) is 12.9. The molecule has 2 aromatic carbocycles. The molecule has 0 bridgehead atoms. The lowest BCUT2D eigenvalue weighted by Gasteiger charge is -2.19. The van der Waals surface area contributed by atoms with Gasteiger partial charge >= 0.3 is 0 Å². The zero-order valence-corrected chi connectivity index (χ0v) is 19.4. The summed E-state index contributed by atoms with van der Waals surface area (Å²) < 4.78 is 47.4. The van der Waals surface area contributed by atoms with Crippen LogP contribution in [0.2, 0.25) is 0 Å². The highest BCUT2D eigenvalue weighted by atomic mass is 32.2. The number of ether oxygens (including phenoxy) is 1. The Hall–Kier alpha value is -3.13. The van der Waals surface area contributed by atoms with E-state index < -0.39 is 15.8 Å². The Labute approximate surface area is 188 Å². The molecule has 0 atom stereocenters. The van der Waals surface area contributed by atoms with E-state index in [4.69, 9.17) is 4.74 Å². The van der Waals surface area contributed by atoms with Gasteiger partial charge < -0.3 is 9.30 Å². The third-order valence-electron chi connectivity index (χ3n) is 5.36. The maximum Gasteiger partial charge on any atom is 0.264 e. The summed E-state index contributed by atoms with van der Waals surface area (Å²) in [4.78, 5) is 12.6. The summed E-state index contributed by atoms with van der Waals surface area (Å²) in [5.41, 5.74) is 3.04. The molecule has 0 spiro atoms. The topological polar surface area (TPSA) is 68.6 Å². The molecule has 8 heteroatoms. The largest absolute Gasteiger partial charge is 0.485 e. The van der Waals surface area contributed by atoms with E-state index in [1.807, 2.05) is 19.9 Å². The number of hydrogen-bond donors (Lipinski definition) is 0. The Kier molecular flexibility index (Phi) is 7.03. The molecule has 0 saturated heterocycles. The number of anilines is 1. The lowest BCUT2D eigenvalue weighted by Crippen LogP contribution is -2.26. The molecule has 0 N–H and O–H groups in total. The lowest BCUT2D eigenvalue weighted by molar-refractivity contribution is 0.0920. The van der Waals surface area contributed by atoms with Crippen molar-refractivity contribution >= 4 is 21.5 Å². The van der Waals surface area contributed by atoms with Gasteiger partial charge in [0.05, 0.1) is 10.6 Å². The molecule has 0 fully saturated rings. The van der Waals surface area contributed by atoms with Crippen molar-refractivity contribution in [2.24, 2.45) is 0 Å². The second-order valence-electron chi connectivity index (χ2n) is 7.57. The van der Waals surface area contributed by atoms with Crippen LogP contribution in [-0.2, 0) is 16.6 Å². The second kappa shape index (κ2) is 9.56. The number of benzene rings is 2. The highest BCUT2D eigenvalue weighted by Crippen LogP contribution is 2.25. The molecule has 0 amide bonds. The molecule has 3 rings (SSSR count). The highest BCUT2D eigenvalue weighted by molar-refractivity contribution is 7.92. The van der Waals surface area contributed by atoms with Crippen LogP contribution in [-0.4, -0.2) is 32.4 Å². The minimum Gasteiger partial charge on any atom is -0.485 e. The Balaban J connectivity index is 1.68.